The molecule has 1 amide bonds. The number of hydrogen-bond donors (Lipinski definition) is 2. The molecule has 0 fully saturated rings. The molecule has 2 N–H and O–H groups in total. The lowest BCUT2D eigenvalue weighted by Gasteiger charge is -2.28. The Morgan fingerprint density at radius 1 is 1.33 bits per heavy atom. The highest BCUT2D eigenvalue weighted by atomic mass is 32.2. The average Bonchev–Trinajstić information content (AvgIpc) is 3.09. The molecular formula is C17H23N5O4S. The highest BCUT2D eigenvalue weighted by Gasteiger charge is 2.32. The van der Waals surface area contributed by atoms with Crippen LogP contribution in [0.4, 0.5) is 0 Å². The van der Waals surface area contributed by atoms with Crippen LogP contribution in [0.1, 0.15) is 21.7 Å². The van der Waals surface area contributed by atoms with Crippen molar-refractivity contribution in [1.82, 2.24) is 24.1 Å². The molecule has 0 bridgehead atoms. The number of nitrogens with one attached hydrogen (secondary N) is 2. The predicted molar refractivity (Wildman–Crippen MR) is 99.6 cm³/mol. The van der Waals surface area contributed by atoms with Gasteiger partial charge in [0.25, 0.3) is 16.1 Å². The number of carbonyl (C=O) groups excluding carboxylic acids is 1. The fourth-order valence-electron chi connectivity index (χ4n) is 2.84. The summed E-state index contributed by atoms with van der Waals surface area (Å²) in [4.78, 5) is 12.4. The highest BCUT2D eigenvalue weighted by Crippen LogP contribution is 2.22. The molecule has 0 unspecified atom stereocenters. The number of aromatic nitrogens is 2. The van der Waals surface area contributed by atoms with Gasteiger partial charge in [-0.05, 0) is 18.6 Å². The van der Waals surface area contributed by atoms with Crippen LogP contribution in [0.3, 0.4) is 0 Å². The SMILES string of the molecule is CN(C)S(=O)(=O)N1CCc2c(C(=O)NCCOc3ccccc3)n[nH]c2C1. The highest BCUT2D eigenvalue weighted by molar-refractivity contribution is 7.86. The summed E-state index contributed by atoms with van der Waals surface area (Å²) >= 11 is 0. The molecule has 1 aromatic heterocycles. The molecule has 2 heterocycles. The zero-order valence-corrected chi connectivity index (χ0v) is 16.1. The molecule has 1 aromatic carbocycles. The van der Waals surface area contributed by atoms with Gasteiger partial charge in [0.05, 0.1) is 18.8 Å². The summed E-state index contributed by atoms with van der Waals surface area (Å²) in [6.45, 7) is 1.17. The second kappa shape index (κ2) is 8.07. The number of hydrogen-bond acceptors (Lipinski definition) is 5. The van der Waals surface area contributed by atoms with E-state index in [0.717, 1.165) is 11.3 Å². The second-order valence-electron chi connectivity index (χ2n) is 6.32. The minimum absolute atomic E-state index is 0.174. The first kappa shape index (κ1) is 19.3. The van der Waals surface area contributed by atoms with Crippen molar-refractivity contribution < 1.29 is 17.9 Å². The van der Waals surface area contributed by atoms with Crippen LogP contribution < -0.4 is 10.1 Å². The van der Waals surface area contributed by atoms with Gasteiger partial charge in [-0.15, -0.1) is 0 Å². The number of H-pyrrole nitrogens is 1. The van der Waals surface area contributed by atoms with Crippen molar-refractivity contribution in [3.63, 3.8) is 0 Å². The zero-order valence-electron chi connectivity index (χ0n) is 15.3. The number of benzene rings is 1. The predicted octanol–water partition coefficient (Wildman–Crippen LogP) is 0.383. The van der Waals surface area contributed by atoms with E-state index in [4.69, 9.17) is 4.74 Å². The number of carbonyl (C=O) groups is 1. The topological polar surface area (TPSA) is 108 Å². The Balaban J connectivity index is 1.56. The number of ether oxygens (including phenoxy) is 1. The number of amides is 1. The first-order valence-electron chi connectivity index (χ1n) is 8.59. The molecule has 0 saturated heterocycles. The van der Waals surface area contributed by atoms with E-state index < -0.39 is 10.2 Å². The average molecular weight is 393 g/mol. The third kappa shape index (κ3) is 4.29. The maximum absolute atomic E-state index is 12.4. The minimum atomic E-state index is -3.50. The molecular weight excluding hydrogens is 370 g/mol. The standard InChI is InChI=1S/C17H23N5O4S/c1-21(2)27(24,25)22-10-8-14-15(12-22)19-20-16(14)17(23)18-9-11-26-13-6-4-3-5-7-13/h3-7H,8-12H2,1-2H3,(H,18,23)(H,19,20). The Morgan fingerprint density at radius 3 is 2.78 bits per heavy atom. The largest absolute Gasteiger partial charge is 0.492 e. The number of nitrogens with zero attached hydrogens (tertiary/aromatic N) is 3. The van der Waals surface area contributed by atoms with Gasteiger partial charge in [-0.25, -0.2) is 0 Å². The van der Waals surface area contributed by atoms with Crippen molar-refractivity contribution >= 4 is 16.1 Å². The van der Waals surface area contributed by atoms with Crippen LogP contribution in [0.2, 0.25) is 0 Å². The molecule has 0 aliphatic carbocycles. The van der Waals surface area contributed by atoms with E-state index in [9.17, 15) is 13.2 Å². The summed E-state index contributed by atoms with van der Waals surface area (Å²) in [5.41, 5.74) is 1.73. The minimum Gasteiger partial charge on any atom is -0.492 e. The van der Waals surface area contributed by atoms with Crippen molar-refractivity contribution in [1.29, 1.82) is 0 Å². The van der Waals surface area contributed by atoms with Crippen molar-refractivity contribution in [2.45, 2.75) is 13.0 Å². The Hall–Kier alpha value is -2.43. The van der Waals surface area contributed by atoms with E-state index in [1.807, 2.05) is 30.3 Å². The molecule has 0 atom stereocenters. The van der Waals surface area contributed by atoms with Crippen molar-refractivity contribution in [3.05, 3.63) is 47.3 Å². The summed E-state index contributed by atoms with van der Waals surface area (Å²) in [5.74, 6) is 0.444. The van der Waals surface area contributed by atoms with Crippen LogP contribution in [0.15, 0.2) is 30.3 Å². The smallest absolute Gasteiger partial charge is 0.281 e. The van der Waals surface area contributed by atoms with Gasteiger partial charge >= 0.3 is 0 Å². The monoisotopic (exact) mass is 393 g/mol. The number of aromatic amines is 1. The fraction of sp³-hybridized carbons (Fsp3) is 0.412. The molecule has 2 aromatic rings. The Bertz CT molecular complexity index is 895. The lowest BCUT2D eigenvalue weighted by molar-refractivity contribution is 0.0941. The van der Waals surface area contributed by atoms with Crippen LogP contribution in [0.5, 0.6) is 5.75 Å². The van der Waals surface area contributed by atoms with Gasteiger partial charge in [-0.3, -0.25) is 9.89 Å². The molecule has 0 saturated carbocycles. The van der Waals surface area contributed by atoms with Crippen LogP contribution in [0.25, 0.3) is 0 Å². The third-order valence-electron chi connectivity index (χ3n) is 4.30. The summed E-state index contributed by atoms with van der Waals surface area (Å²) in [7, 11) is -0.507. The number of para-hydroxylation sites is 1. The molecule has 9 nitrogen and oxygen atoms in total. The van der Waals surface area contributed by atoms with Crippen LogP contribution >= 0.6 is 0 Å². The molecule has 1 aliphatic rings. The Morgan fingerprint density at radius 2 is 2.07 bits per heavy atom. The lowest BCUT2D eigenvalue weighted by Crippen LogP contribution is -2.43. The second-order valence-corrected chi connectivity index (χ2v) is 8.46. The van der Waals surface area contributed by atoms with Gasteiger partial charge in [-0.1, -0.05) is 18.2 Å². The maximum Gasteiger partial charge on any atom is 0.281 e. The normalized spacial score (nSPS) is 14.8. The molecule has 0 spiro atoms. The van der Waals surface area contributed by atoms with Crippen molar-refractivity contribution in [3.8, 4) is 5.75 Å². The maximum atomic E-state index is 12.4. The zero-order chi connectivity index (χ0) is 19.4. The number of rotatable bonds is 7. The third-order valence-corrected chi connectivity index (χ3v) is 6.19. The van der Waals surface area contributed by atoms with Gasteiger partial charge < -0.3 is 10.1 Å². The molecule has 10 heteroatoms. The van der Waals surface area contributed by atoms with Gasteiger partial charge in [0.1, 0.15) is 12.4 Å². The van der Waals surface area contributed by atoms with Gasteiger partial charge in [0.15, 0.2) is 5.69 Å². The van der Waals surface area contributed by atoms with Gasteiger partial charge in [-0.2, -0.15) is 22.1 Å². The lowest BCUT2D eigenvalue weighted by atomic mass is 10.1. The van der Waals surface area contributed by atoms with Crippen LogP contribution in [-0.4, -0.2) is 66.9 Å². The van der Waals surface area contributed by atoms with E-state index in [1.54, 1.807) is 0 Å². The Kier molecular flexibility index (Phi) is 5.78. The van der Waals surface area contributed by atoms with E-state index >= 15 is 0 Å². The quantitative estimate of drug-likeness (QED) is 0.662. The summed E-state index contributed by atoms with van der Waals surface area (Å²) in [6.07, 6.45) is 0.433. The van der Waals surface area contributed by atoms with Crippen LogP contribution in [-0.2, 0) is 23.2 Å². The molecule has 3 rings (SSSR count). The first-order chi connectivity index (χ1) is 12.9. The van der Waals surface area contributed by atoms with Gasteiger partial charge in [0, 0.05) is 26.2 Å². The van der Waals surface area contributed by atoms with Crippen molar-refractivity contribution in [2.24, 2.45) is 0 Å². The van der Waals surface area contributed by atoms with Crippen LogP contribution in [0, 0.1) is 0 Å². The van der Waals surface area contributed by atoms with E-state index in [-0.39, 0.29) is 12.5 Å². The summed E-state index contributed by atoms with van der Waals surface area (Å²) < 4.78 is 32.6. The van der Waals surface area contributed by atoms with E-state index in [1.165, 1.54) is 22.7 Å². The summed E-state index contributed by atoms with van der Waals surface area (Å²) in [5, 5.41) is 9.66. The molecule has 1 aliphatic heterocycles. The molecule has 146 valence electrons. The first-order valence-corrected chi connectivity index (χ1v) is 9.99. The van der Waals surface area contributed by atoms with Gasteiger partial charge in [0.2, 0.25) is 0 Å². The fourth-order valence-corrected chi connectivity index (χ4v) is 3.92. The molecule has 27 heavy (non-hydrogen) atoms. The number of fused-ring (bicyclic) bond motifs is 1. The van der Waals surface area contributed by atoms with Crippen molar-refractivity contribution in [2.75, 3.05) is 33.8 Å². The molecule has 0 radical (unpaired) electrons. The Labute approximate surface area is 158 Å². The van der Waals surface area contributed by atoms with E-state index in [0.29, 0.717) is 37.5 Å². The summed E-state index contributed by atoms with van der Waals surface area (Å²) in [6, 6.07) is 9.35. The van der Waals surface area contributed by atoms with E-state index in [2.05, 4.69) is 15.5 Å².